The van der Waals surface area contributed by atoms with Crippen LogP contribution >= 0.6 is 11.6 Å². The monoisotopic (exact) mass is 475 g/mol. The number of hydrogen-bond acceptors (Lipinski definition) is 3. The number of unbranched alkanes of at least 4 members (excludes halogenated alkanes) is 1. The van der Waals surface area contributed by atoms with E-state index in [0.29, 0.717) is 23.7 Å². The van der Waals surface area contributed by atoms with E-state index < -0.39 is 0 Å². The van der Waals surface area contributed by atoms with Crippen molar-refractivity contribution in [1.29, 1.82) is 0 Å². The Hall–Kier alpha value is -3.31. The number of halogens is 1. The minimum absolute atomic E-state index is 0.0844. The Balaban J connectivity index is 1.29. The molecule has 4 aromatic rings. The minimum atomic E-state index is -0.0844. The number of benzene rings is 3. The predicted molar refractivity (Wildman–Crippen MR) is 138 cm³/mol. The number of nitrogens with one attached hydrogen (secondary N) is 1. The topological polar surface area (TPSA) is 56.1 Å². The van der Waals surface area contributed by atoms with Crippen LogP contribution in [0.15, 0.2) is 72.8 Å². The Morgan fingerprint density at radius 2 is 1.74 bits per heavy atom. The largest absolute Gasteiger partial charge is 0.493 e. The number of rotatable bonds is 11. The molecule has 0 radical (unpaired) electrons. The van der Waals surface area contributed by atoms with E-state index >= 15 is 0 Å². The second-order valence-electron chi connectivity index (χ2n) is 8.36. The van der Waals surface area contributed by atoms with Crippen molar-refractivity contribution in [2.45, 2.75) is 39.2 Å². The van der Waals surface area contributed by atoms with Gasteiger partial charge in [0.25, 0.3) is 5.91 Å². The maximum absolute atomic E-state index is 12.3. The highest BCUT2D eigenvalue weighted by Crippen LogP contribution is 2.19. The van der Waals surface area contributed by atoms with Gasteiger partial charge in [-0.2, -0.15) is 0 Å². The van der Waals surface area contributed by atoms with Gasteiger partial charge in [-0.1, -0.05) is 41.9 Å². The standard InChI is InChI=1S/C28H30ClN3O2/c1-21-9-2-5-12-26(21)34-20-7-6-19-32-25-11-4-3-10-24(25)31-27(32)13-8-18-30-28(33)22-14-16-23(29)17-15-22/h2-5,9-12,14-17H,6-8,13,18-20H2,1H3,(H,30,33). The molecule has 0 atom stereocenters. The lowest BCUT2D eigenvalue weighted by Gasteiger charge is -2.11. The first-order valence-electron chi connectivity index (χ1n) is 11.8. The predicted octanol–water partition coefficient (Wildman–Crippen LogP) is 6.22. The summed E-state index contributed by atoms with van der Waals surface area (Å²) in [6.45, 7) is 4.25. The number of carbonyl (C=O) groups excluding carboxylic acids is 1. The van der Waals surface area contributed by atoms with Gasteiger partial charge in [-0.25, -0.2) is 4.98 Å². The summed E-state index contributed by atoms with van der Waals surface area (Å²) in [7, 11) is 0. The summed E-state index contributed by atoms with van der Waals surface area (Å²) in [5, 5.41) is 3.61. The summed E-state index contributed by atoms with van der Waals surface area (Å²) in [5.41, 5.74) is 3.94. The summed E-state index contributed by atoms with van der Waals surface area (Å²) >= 11 is 5.90. The Kier molecular flexibility index (Phi) is 8.21. The fourth-order valence-corrected chi connectivity index (χ4v) is 4.12. The minimum Gasteiger partial charge on any atom is -0.493 e. The smallest absolute Gasteiger partial charge is 0.251 e. The van der Waals surface area contributed by atoms with Crippen molar-refractivity contribution in [3.05, 3.63) is 94.8 Å². The maximum Gasteiger partial charge on any atom is 0.251 e. The molecule has 34 heavy (non-hydrogen) atoms. The van der Waals surface area contributed by atoms with Crippen LogP contribution in [0.25, 0.3) is 11.0 Å². The molecule has 0 bridgehead atoms. The van der Waals surface area contributed by atoms with E-state index in [2.05, 4.69) is 41.1 Å². The van der Waals surface area contributed by atoms with Crippen molar-refractivity contribution in [2.24, 2.45) is 0 Å². The molecule has 0 unspecified atom stereocenters. The van der Waals surface area contributed by atoms with E-state index in [0.717, 1.165) is 60.4 Å². The zero-order chi connectivity index (χ0) is 23.8. The molecule has 4 rings (SSSR count). The summed E-state index contributed by atoms with van der Waals surface area (Å²) in [6, 6.07) is 23.3. The van der Waals surface area contributed by atoms with Crippen molar-refractivity contribution >= 4 is 28.5 Å². The highest BCUT2D eigenvalue weighted by Gasteiger charge is 2.11. The van der Waals surface area contributed by atoms with Gasteiger partial charge in [0.15, 0.2) is 0 Å². The van der Waals surface area contributed by atoms with Crippen LogP contribution in [0.5, 0.6) is 5.75 Å². The molecule has 0 aliphatic rings. The average molecular weight is 476 g/mol. The van der Waals surface area contributed by atoms with Crippen LogP contribution in [0.1, 0.15) is 41.0 Å². The van der Waals surface area contributed by atoms with Crippen molar-refractivity contribution < 1.29 is 9.53 Å². The molecule has 1 aromatic heterocycles. The number of aryl methyl sites for hydroxylation is 3. The lowest BCUT2D eigenvalue weighted by atomic mass is 10.2. The highest BCUT2D eigenvalue weighted by molar-refractivity contribution is 6.30. The van der Waals surface area contributed by atoms with E-state index in [-0.39, 0.29) is 5.91 Å². The molecule has 0 spiro atoms. The number of hydrogen-bond donors (Lipinski definition) is 1. The van der Waals surface area contributed by atoms with Crippen LogP contribution in [0, 0.1) is 6.92 Å². The molecule has 0 aliphatic carbocycles. The first kappa shape index (κ1) is 23.8. The molecule has 0 saturated carbocycles. The van der Waals surface area contributed by atoms with Crippen LogP contribution in [0.2, 0.25) is 5.02 Å². The van der Waals surface area contributed by atoms with Gasteiger partial charge in [0.1, 0.15) is 11.6 Å². The molecule has 1 heterocycles. The molecule has 1 amide bonds. The van der Waals surface area contributed by atoms with Gasteiger partial charge in [0.05, 0.1) is 17.6 Å². The van der Waals surface area contributed by atoms with Gasteiger partial charge in [-0.15, -0.1) is 0 Å². The van der Waals surface area contributed by atoms with Crippen molar-refractivity contribution in [3.63, 3.8) is 0 Å². The van der Waals surface area contributed by atoms with Gasteiger partial charge in [-0.3, -0.25) is 4.79 Å². The Morgan fingerprint density at radius 3 is 2.56 bits per heavy atom. The third-order valence-corrected chi connectivity index (χ3v) is 6.08. The normalized spacial score (nSPS) is 11.0. The molecule has 0 saturated heterocycles. The van der Waals surface area contributed by atoms with Gasteiger partial charge < -0.3 is 14.6 Å². The van der Waals surface area contributed by atoms with E-state index in [1.54, 1.807) is 24.3 Å². The summed E-state index contributed by atoms with van der Waals surface area (Å²) in [5.74, 6) is 1.93. The molecular formula is C28H30ClN3O2. The Morgan fingerprint density at radius 1 is 0.971 bits per heavy atom. The average Bonchev–Trinajstić information content (AvgIpc) is 3.20. The fraction of sp³-hybridized carbons (Fsp3) is 0.286. The van der Waals surface area contributed by atoms with E-state index in [1.807, 2.05) is 24.3 Å². The highest BCUT2D eigenvalue weighted by atomic mass is 35.5. The van der Waals surface area contributed by atoms with Crippen LogP contribution in [-0.4, -0.2) is 28.6 Å². The van der Waals surface area contributed by atoms with E-state index in [4.69, 9.17) is 21.3 Å². The molecular weight excluding hydrogens is 446 g/mol. The number of fused-ring (bicyclic) bond motifs is 1. The van der Waals surface area contributed by atoms with Crippen molar-refractivity contribution in [2.75, 3.05) is 13.2 Å². The molecule has 1 N–H and O–H groups in total. The maximum atomic E-state index is 12.3. The summed E-state index contributed by atoms with van der Waals surface area (Å²) < 4.78 is 8.26. The summed E-state index contributed by atoms with van der Waals surface area (Å²) in [6.07, 6.45) is 3.60. The lowest BCUT2D eigenvalue weighted by Crippen LogP contribution is -2.25. The van der Waals surface area contributed by atoms with E-state index in [9.17, 15) is 4.79 Å². The molecule has 176 valence electrons. The third kappa shape index (κ3) is 6.17. The zero-order valence-electron chi connectivity index (χ0n) is 19.5. The van der Waals surface area contributed by atoms with Gasteiger partial charge in [0, 0.05) is 30.1 Å². The number of amides is 1. The molecule has 0 fully saturated rings. The van der Waals surface area contributed by atoms with Crippen LogP contribution < -0.4 is 10.1 Å². The van der Waals surface area contributed by atoms with Crippen LogP contribution in [0.4, 0.5) is 0 Å². The number of imidazole rings is 1. The lowest BCUT2D eigenvalue weighted by molar-refractivity contribution is 0.0953. The number of aromatic nitrogens is 2. The third-order valence-electron chi connectivity index (χ3n) is 5.83. The quantitative estimate of drug-likeness (QED) is 0.262. The second kappa shape index (κ2) is 11.7. The fourth-order valence-electron chi connectivity index (χ4n) is 3.99. The number of carbonyl (C=O) groups is 1. The number of nitrogens with zero attached hydrogens (tertiary/aromatic N) is 2. The summed E-state index contributed by atoms with van der Waals surface area (Å²) in [4.78, 5) is 17.2. The molecule has 5 nitrogen and oxygen atoms in total. The van der Waals surface area contributed by atoms with Crippen LogP contribution in [-0.2, 0) is 13.0 Å². The van der Waals surface area contributed by atoms with Gasteiger partial charge in [-0.05, 0) is 74.2 Å². The Labute approximate surface area is 205 Å². The van der Waals surface area contributed by atoms with Crippen molar-refractivity contribution in [3.8, 4) is 5.75 Å². The van der Waals surface area contributed by atoms with Crippen molar-refractivity contribution in [1.82, 2.24) is 14.9 Å². The van der Waals surface area contributed by atoms with Crippen LogP contribution in [0.3, 0.4) is 0 Å². The van der Waals surface area contributed by atoms with Gasteiger partial charge in [0.2, 0.25) is 0 Å². The zero-order valence-corrected chi connectivity index (χ0v) is 20.2. The first-order valence-corrected chi connectivity index (χ1v) is 12.2. The molecule has 6 heteroatoms. The van der Waals surface area contributed by atoms with Gasteiger partial charge >= 0.3 is 0 Å². The first-order chi connectivity index (χ1) is 16.6. The number of para-hydroxylation sites is 3. The number of ether oxygens (including phenoxy) is 1. The molecule has 0 aliphatic heterocycles. The Bertz CT molecular complexity index is 1230. The SMILES string of the molecule is Cc1ccccc1OCCCCn1c(CCCNC(=O)c2ccc(Cl)cc2)nc2ccccc21. The molecule has 3 aromatic carbocycles. The second-order valence-corrected chi connectivity index (χ2v) is 8.79. The van der Waals surface area contributed by atoms with E-state index in [1.165, 1.54) is 0 Å².